The number of hydrogen-bond donors (Lipinski definition) is 3. The van der Waals surface area contributed by atoms with Crippen molar-refractivity contribution in [2.45, 2.75) is 37.8 Å². The van der Waals surface area contributed by atoms with E-state index in [9.17, 15) is 4.79 Å². The Kier molecular flexibility index (Phi) is 3.89. The minimum atomic E-state index is -0.573. The Morgan fingerprint density at radius 2 is 1.91 bits per heavy atom. The van der Waals surface area contributed by atoms with Gasteiger partial charge in [0.2, 0.25) is 17.8 Å². The number of carbonyl (C=O) groups excluding carboxylic acids is 1. The minimum Gasteiger partial charge on any atom is -0.369 e. The summed E-state index contributed by atoms with van der Waals surface area (Å²) in [6, 6.07) is 5.00. The van der Waals surface area contributed by atoms with E-state index >= 15 is 0 Å². The van der Waals surface area contributed by atoms with Gasteiger partial charge in [-0.1, -0.05) is 18.0 Å². The van der Waals surface area contributed by atoms with Crippen LogP contribution < -0.4 is 22.1 Å². The lowest BCUT2D eigenvalue weighted by Gasteiger charge is -2.45. The SMILES string of the molecule is NC(=O)c1ccc(N2C(N)=NC(N)=NC23CCCCC3)cc1Cl. The molecule has 3 rings (SSSR count). The van der Waals surface area contributed by atoms with Gasteiger partial charge in [0, 0.05) is 5.69 Å². The molecule has 2 aliphatic rings. The molecule has 1 fully saturated rings. The Morgan fingerprint density at radius 1 is 1.22 bits per heavy atom. The van der Waals surface area contributed by atoms with E-state index in [1.54, 1.807) is 18.2 Å². The van der Waals surface area contributed by atoms with E-state index in [0.717, 1.165) is 37.8 Å². The minimum absolute atomic E-state index is 0.195. The molecule has 1 aliphatic carbocycles. The average molecular weight is 335 g/mol. The molecule has 0 aromatic heterocycles. The first-order chi connectivity index (χ1) is 10.9. The summed E-state index contributed by atoms with van der Waals surface area (Å²) in [7, 11) is 0. The second-order valence-electron chi connectivity index (χ2n) is 5.85. The van der Waals surface area contributed by atoms with Gasteiger partial charge >= 0.3 is 0 Å². The summed E-state index contributed by atoms with van der Waals surface area (Å²) in [5.74, 6) is -0.0979. The zero-order chi connectivity index (χ0) is 16.6. The number of benzene rings is 1. The van der Waals surface area contributed by atoms with Crippen LogP contribution in [-0.2, 0) is 0 Å². The Labute approximate surface area is 139 Å². The number of hydrogen-bond acceptors (Lipinski definition) is 6. The van der Waals surface area contributed by atoms with Crippen molar-refractivity contribution in [2.75, 3.05) is 4.90 Å². The summed E-state index contributed by atoms with van der Waals surface area (Å²) in [5.41, 5.74) is 17.7. The maximum absolute atomic E-state index is 11.3. The van der Waals surface area contributed by atoms with Gasteiger partial charge in [-0.15, -0.1) is 0 Å². The first-order valence-electron chi connectivity index (χ1n) is 7.52. The summed E-state index contributed by atoms with van der Waals surface area (Å²) in [5, 5.41) is 0.274. The Balaban J connectivity index is 2.07. The highest BCUT2D eigenvalue weighted by Gasteiger charge is 2.42. The molecule has 0 unspecified atom stereocenters. The van der Waals surface area contributed by atoms with E-state index in [1.165, 1.54) is 0 Å². The van der Waals surface area contributed by atoms with E-state index in [0.29, 0.717) is 0 Å². The van der Waals surface area contributed by atoms with Gasteiger partial charge in [0.15, 0.2) is 0 Å². The number of nitrogens with zero attached hydrogens (tertiary/aromatic N) is 3. The number of anilines is 1. The standard InChI is InChI=1S/C15H19ClN6O/c16-11-8-9(4-5-10(11)12(17)23)22-14(19)20-13(18)21-15(22)6-2-1-3-7-15/h4-5,8H,1-3,6-7H2,(H2,17,23)(H4,18,19,20,21). The molecule has 1 aromatic rings. The van der Waals surface area contributed by atoms with Crippen molar-refractivity contribution in [3.05, 3.63) is 28.8 Å². The van der Waals surface area contributed by atoms with E-state index in [4.69, 9.17) is 28.8 Å². The predicted octanol–water partition coefficient (Wildman–Crippen LogP) is 1.55. The lowest BCUT2D eigenvalue weighted by molar-refractivity contribution is 0.100. The number of carbonyl (C=O) groups is 1. The van der Waals surface area contributed by atoms with E-state index in [2.05, 4.69) is 9.98 Å². The molecule has 1 saturated carbocycles. The zero-order valence-corrected chi connectivity index (χ0v) is 13.4. The van der Waals surface area contributed by atoms with E-state index < -0.39 is 11.6 Å². The van der Waals surface area contributed by atoms with Gasteiger partial charge in [0.25, 0.3) is 0 Å². The van der Waals surface area contributed by atoms with Crippen LogP contribution in [0.1, 0.15) is 42.5 Å². The predicted molar refractivity (Wildman–Crippen MR) is 91.5 cm³/mol. The fraction of sp³-hybridized carbons (Fsp3) is 0.400. The molecule has 6 N–H and O–H groups in total. The van der Waals surface area contributed by atoms with Crippen LogP contribution in [0.15, 0.2) is 28.2 Å². The molecule has 0 bridgehead atoms. The van der Waals surface area contributed by atoms with Crippen molar-refractivity contribution in [1.82, 2.24) is 0 Å². The molecular formula is C15H19ClN6O. The van der Waals surface area contributed by atoms with Gasteiger partial charge in [0.1, 0.15) is 5.66 Å². The molecule has 1 amide bonds. The van der Waals surface area contributed by atoms with Crippen molar-refractivity contribution in [3.8, 4) is 0 Å². The fourth-order valence-electron chi connectivity index (χ4n) is 3.34. The molecule has 1 aliphatic heterocycles. The number of rotatable bonds is 2. The van der Waals surface area contributed by atoms with Gasteiger partial charge in [-0.2, -0.15) is 4.99 Å². The third-order valence-corrected chi connectivity index (χ3v) is 4.64. The van der Waals surface area contributed by atoms with Crippen LogP contribution in [-0.4, -0.2) is 23.5 Å². The highest BCUT2D eigenvalue weighted by atomic mass is 35.5. The summed E-state index contributed by atoms with van der Waals surface area (Å²) in [4.78, 5) is 21.9. The second kappa shape index (κ2) is 5.73. The van der Waals surface area contributed by atoms with Crippen LogP contribution in [0.3, 0.4) is 0 Å². The first-order valence-corrected chi connectivity index (χ1v) is 7.90. The molecule has 8 heteroatoms. The maximum atomic E-state index is 11.3. The maximum Gasteiger partial charge on any atom is 0.250 e. The smallest absolute Gasteiger partial charge is 0.250 e. The lowest BCUT2D eigenvalue weighted by Crippen LogP contribution is -2.58. The van der Waals surface area contributed by atoms with Gasteiger partial charge in [0.05, 0.1) is 10.6 Å². The third kappa shape index (κ3) is 2.72. The number of amides is 1. The molecule has 0 saturated heterocycles. The summed E-state index contributed by atoms with van der Waals surface area (Å²) in [6.07, 6.45) is 4.89. The van der Waals surface area contributed by atoms with Crippen molar-refractivity contribution < 1.29 is 4.79 Å². The summed E-state index contributed by atoms with van der Waals surface area (Å²) < 4.78 is 0. The molecule has 7 nitrogen and oxygen atoms in total. The molecule has 1 spiro atoms. The first kappa shape index (κ1) is 15.6. The third-order valence-electron chi connectivity index (χ3n) is 4.33. The number of guanidine groups is 2. The van der Waals surface area contributed by atoms with Crippen molar-refractivity contribution in [1.29, 1.82) is 0 Å². The molecule has 0 atom stereocenters. The normalized spacial score (nSPS) is 20.1. The summed E-state index contributed by atoms with van der Waals surface area (Å²) >= 11 is 6.18. The Bertz CT molecular complexity index is 708. The van der Waals surface area contributed by atoms with E-state index in [-0.39, 0.29) is 22.5 Å². The van der Waals surface area contributed by atoms with Gasteiger partial charge < -0.3 is 17.2 Å². The Hall–Kier alpha value is -2.28. The lowest BCUT2D eigenvalue weighted by atomic mass is 9.87. The fourth-order valence-corrected chi connectivity index (χ4v) is 3.61. The second-order valence-corrected chi connectivity index (χ2v) is 6.25. The van der Waals surface area contributed by atoms with Crippen LogP contribution in [0.2, 0.25) is 5.02 Å². The van der Waals surface area contributed by atoms with Crippen molar-refractivity contribution in [3.63, 3.8) is 0 Å². The average Bonchev–Trinajstić information content (AvgIpc) is 2.46. The van der Waals surface area contributed by atoms with E-state index in [1.807, 2.05) is 4.90 Å². The number of primary amides is 1. The number of nitrogens with two attached hydrogens (primary N) is 3. The van der Waals surface area contributed by atoms with Gasteiger partial charge in [-0.3, -0.25) is 9.69 Å². The molecule has 1 aromatic carbocycles. The molecule has 122 valence electrons. The quantitative estimate of drug-likeness (QED) is 0.759. The van der Waals surface area contributed by atoms with Crippen LogP contribution in [0, 0.1) is 0 Å². The van der Waals surface area contributed by atoms with Crippen LogP contribution in [0.5, 0.6) is 0 Å². The molecule has 1 heterocycles. The van der Waals surface area contributed by atoms with Crippen LogP contribution in [0.4, 0.5) is 5.69 Å². The Morgan fingerprint density at radius 3 is 2.52 bits per heavy atom. The van der Waals surface area contributed by atoms with Crippen LogP contribution in [0.25, 0.3) is 0 Å². The zero-order valence-electron chi connectivity index (χ0n) is 12.6. The number of halogens is 1. The largest absolute Gasteiger partial charge is 0.369 e. The monoisotopic (exact) mass is 334 g/mol. The molecule has 0 radical (unpaired) electrons. The molecular weight excluding hydrogens is 316 g/mol. The van der Waals surface area contributed by atoms with Crippen LogP contribution >= 0.6 is 11.6 Å². The highest BCUT2D eigenvalue weighted by molar-refractivity contribution is 6.34. The topological polar surface area (TPSA) is 123 Å². The molecule has 23 heavy (non-hydrogen) atoms. The van der Waals surface area contributed by atoms with Gasteiger partial charge in [-0.05, 0) is 43.9 Å². The van der Waals surface area contributed by atoms with Gasteiger partial charge in [-0.25, -0.2) is 4.99 Å². The highest BCUT2D eigenvalue weighted by Crippen LogP contribution is 2.40. The number of aliphatic imine (C=N–C) groups is 2. The summed E-state index contributed by atoms with van der Waals surface area (Å²) in [6.45, 7) is 0. The van der Waals surface area contributed by atoms with Crippen molar-refractivity contribution >= 4 is 35.1 Å². The van der Waals surface area contributed by atoms with Crippen molar-refractivity contribution in [2.24, 2.45) is 27.2 Å².